The maximum Gasteiger partial charge on any atom is 0.213 e. The third-order valence-electron chi connectivity index (χ3n) is 4.10. The molecule has 3 aromatic rings. The summed E-state index contributed by atoms with van der Waals surface area (Å²) >= 11 is 1.65. The molecule has 0 radical (unpaired) electrons. The number of pyridine rings is 1. The van der Waals surface area contributed by atoms with Crippen molar-refractivity contribution in [3.63, 3.8) is 0 Å². The van der Waals surface area contributed by atoms with Gasteiger partial charge in [-0.2, -0.15) is 0 Å². The molecule has 3 aromatic heterocycles. The number of anilines is 1. The first kappa shape index (κ1) is 17.5. The number of azide groups is 1. The molecule has 0 amide bonds. The first-order chi connectivity index (χ1) is 13.3. The summed E-state index contributed by atoms with van der Waals surface area (Å²) in [6.45, 7) is 3.60. The van der Waals surface area contributed by atoms with E-state index in [2.05, 4.69) is 24.9 Å². The summed E-state index contributed by atoms with van der Waals surface area (Å²) in [5, 5.41) is 5.46. The van der Waals surface area contributed by atoms with Gasteiger partial charge >= 0.3 is 0 Å². The van der Waals surface area contributed by atoms with Gasteiger partial charge in [0.1, 0.15) is 0 Å². The number of thiophene rings is 1. The molecule has 1 aliphatic rings. The fraction of sp³-hybridized carbons (Fsp3) is 0.353. The Labute approximate surface area is 159 Å². The smallest absolute Gasteiger partial charge is 0.213 e. The lowest BCUT2D eigenvalue weighted by molar-refractivity contribution is 0.122. The van der Waals surface area contributed by atoms with Gasteiger partial charge in [0.05, 0.1) is 36.6 Å². The summed E-state index contributed by atoms with van der Waals surface area (Å²) in [6, 6.07) is 5.66. The Hall–Kier alpha value is -2.94. The number of hydrogen-bond acceptors (Lipinski definition) is 8. The SMILES string of the molecule is [N-]=[N+]=NCCOc1ccc(-c2nc(N3CCOCC3)c3sccc3n2)cn1. The van der Waals surface area contributed by atoms with Gasteiger partial charge in [0.15, 0.2) is 11.6 Å². The van der Waals surface area contributed by atoms with Crippen LogP contribution in [0.4, 0.5) is 5.82 Å². The minimum Gasteiger partial charge on any atom is -0.478 e. The van der Waals surface area contributed by atoms with Gasteiger partial charge in [-0.15, -0.1) is 11.3 Å². The zero-order valence-electron chi connectivity index (χ0n) is 14.5. The Bertz CT molecular complexity index is 963. The fourth-order valence-electron chi connectivity index (χ4n) is 2.80. The number of rotatable bonds is 6. The van der Waals surface area contributed by atoms with E-state index in [0.717, 1.165) is 34.7 Å². The van der Waals surface area contributed by atoms with E-state index in [1.54, 1.807) is 23.6 Å². The Morgan fingerprint density at radius 1 is 1.26 bits per heavy atom. The van der Waals surface area contributed by atoms with Gasteiger partial charge in [-0.25, -0.2) is 15.0 Å². The van der Waals surface area contributed by atoms with Gasteiger partial charge in [-0.05, 0) is 23.0 Å². The summed E-state index contributed by atoms with van der Waals surface area (Å²) < 4.78 is 12.0. The van der Waals surface area contributed by atoms with Crippen LogP contribution in [0.5, 0.6) is 5.88 Å². The number of ether oxygens (including phenoxy) is 2. The van der Waals surface area contributed by atoms with Crippen molar-refractivity contribution in [1.29, 1.82) is 0 Å². The first-order valence-electron chi connectivity index (χ1n) is 8.53. The summed E-state index contributed by atoms with van der Waals surface area (Å²) in [4.78, 5) is 18.7. The van der Waals surface area contributed by atoms with Crippen LogP contribution in [0.3, 0.4) is 0 Å². The van der Waals surface area contributed by atoms with Crippen LogP contribution >= 0.6 is 11.3 Å². The standard InChI is InChI=1S/C17H17N7O2S/c18-23-20-4-7-26-14-2-1-12(11-19-14)16-21-13-3-10-27-15(13)17(22-16)24-5-8-25-9-6-24/h1-3,10-11H,4-9H2. The molecule has 0 atom stereocenters. The third kappa shape index (κ3) is 3.92. The lowest BCUT2D eigenvalue weighted by Crippen LogP contribution is -2.36. The number of fused-ring (bicyclic) bond motifs is 1. The quantitative estimate of drug-likeness (QED) is 0.280. The average Bonchev–Trinajstić information content (AvgIpc) is 3.20. The maximum absolute atomic E-state index is 8.27. The molecule has 10 heteroatoms. The van der Waals surface area contributed by atoms with Crippen LogP contribution < -0.4 is 9.64 Å². The van der Waals surface area contributed by atoms with E-state index in [4.69, 9.17) is 20.0 Å². The van der Waals surface area contributed by atoms with Gasteiger partial charge in [-0.3, -0.25) is 0 Å². The second kappa shape index (κ2) is 8.17. The molecule has 0 unspecified atom stereocenters. The van der Waals surface area contributed by atoms with Gasteiger partial charge in [0.25, 0.3) is 0 Å². The molecule has 9 nitrogen and oxygen atoms in total. The number of nitrogens with zero attached hydrogens (tertiary/aromatic N) is 7. The second-order valence-electron chi connectivity index (χ2n) is 5.79. The van der Waals surface area contributed by atoms with Crippen LogP contribution in [0.25, 0.3) is 32.0 Å². The summed E-state index contributed by atoms with van der Waals surface area (Å²) in [6.07, 6.45) is 1.69. The van der Waals surface area contributed by atoms with Crippen LogP contribution in [0.2, 0.25) is 0 Å². The van der Waals surface area contributed by atoms with E-state index < -0.39 is 0 Å². The molecule has 0 saturated carbocycles. The van der Waals surface area contributed by atoms with Crippen LogP contribution in [0.15, 0.2) is 34.9 Å². The lowest BCUT2D eigenvalue weighted by atomic mass is 10.2. The average molecular weight is 383 g/mol. The molecule has 1 saturated heterocycles. The maximum atomic E-state index is 8.27. The van der Waals surface area contributed by atoms with E-state index in [-0.39, 0.29) is 13.2 Å². The molecule has 1 aliphatic heterocycles. The van der Waals surface area contributed by atoms with E-state index in [9.17, 15) is 0 Å². The minimum atomic E-state index is 0.265. The highest BCUT2D eigenvalue weighted by molar-refractivity contribution is 7.17. The fourth-order valence-corrected chi connectivity index (χ4v) is 3.65. The van der Waals surface area contributed by atoms with Gasteiger partial charge in [-0.1, -0.05) is 5.11 Å². The molecule has 27 heavy (non-hydrogen) atoms. The van der Waals surface area contributed by atoms with Gasteiger partial charge in [0, 0.05) is 35.8 Å². The number of morpholine rings is 1. The van der Waals surface area contributed by atoms with Crippen molar-refractivity contribution in [3.05, 3.63) is 40.2 Å². The number of hydrogen-bond donors (Lipinski definition) is 0. The Morgan fingerprint density at radius 2 is 2.15 bits per heavy atom. The van der Waals surface area contributed by atoms with Crippen molar-refractivity contribution in [3.8, 4) is 17.3 Å². The van der Waals surface area contributed by atoms with E-state index in [0.29, 0.717) is 24.9 Å². The van der Waals surface area contributed by atoms with Crippen molar-refractivity contribution < 1.29 is 9.47 Å². The summed E-state index contributed by atoms with van der Waals surface area (Å²) in [5.74, 6) is 2.05. The zero-order valence-corrected chi connectivity index (χ0v) is 15.3. The van der Waals surface area contributed by atoms with Crippen LogP contribution in [-0.4, -0.2) is 54.4 Å². The third-order valence-corrected chi connectivity index (χ3v) is 4.99. The van der Waals surface area contributed by atoms with Crippen molar-refractivity contribution >= 4 is 27.4 Å². The molecule has 4 rings (SSSR count). The van der Waals surface area contributed by atoms with Crippen molar-refractivity contribution in [2.75, 3.05) is 44.4 Å². The Balaban J connectivity index is 1.60. The molecule has 0 aromatic carbocycles. The van der Waals surface area contributed by atoms with E-state index >= 15 is 0 Å². The molecule has 4 heterocycles. The highest BCUT2D eigenvalue weighted by Gasteiger charge is 2.19. The van der Waals surface area contributed by atoms with E-state index in [1.807, 2.05) is 17.5 Å². The second-order valence-corrected chi connectivity index (χ2v) is 6.71. The van der Waals surface area contributed by atoms with Gasteiger partial charge in [0.2, 0.25) is 5.88 Å². The Kier molecular flexibility index (Phi) is 5.29. The highest BCUT2D eigenvalue weighted by atomic mass is 32.1. The van der Waals surface area contributed by atoms with Crippen LogP contribution in [-0.2, 0) is 4.74 Å². The van der Waals surface area contributed by atoms with E-state index in [1.165, 1.54) is 0 Å². The predicted molar refractivity (Wildman–Crippen MR) is 103 cm³/mol. The van der Waals surface area contributed by atoms with Crippen molar-refractivity contribution in [1.82, 2.24) is 15.0 Å². The monoisotopic (exact) mass is 383 g/mol. The minimum absolute atomic E-state index is 0.265. The number of aromatic nitrogens is 3. The van der Waals surface area contributed by atoms with Gasteiger partial charge < -0.3 is 14.4 Å². The lowest BCUT2D eigenvalue weighted by Gasteiger charge is -2.28. The normalized spacial score (nSPS) is 14.1. The topological polar surface area (TPSA) is 109 Å². The van der Waals surface area contributed by atoms with Crippen LogP contribution in [0.1, 0.15) is 0 Å². The molecule has 138 valence electrons. The molecule has 0 aliphatic carbocycles. The van der Waals surface area contributed by atoms with Crippen LogP contribution in [0, 0.1) is 0 Å². The largest absolute Gasteiger partial charge is 0.478 e. The molecule has 1 fully saturated rings. The molecule has 0 spiro atoms. The predicted octanol–water partition coefficient (Wildman–Crippen LogP) is 3.28. The molecular formula is C17H17N7O2S. The first-order valence-corrected chi connectivity index (χ1v) is 9.41. The molecular weight excluding hydrogens is 366 g/mol. The molecule has 0 N–H and O–H groups in total. The zero-order chi connectivity index (χ0) is 18.5. The Morgan fingerprint density at radius 3 is 2.93 bits per heavy atom. The highest BCUT2D eigenvalue weighted by Crippen LogP contribution is 2.31. The van der Waals surface area contributed by atoms with Crippen molar-refractivity contribution in [2.24, 2.45) is 5.11 Å². The molecule has 0 bridgehead atoms. The summed E-state index contributed by atoms with van der Waals surface area (Å²) in [7, 11) is 0. The summed E-state index contributed by atoms with van der Waals surface area (Å²) in [5.41, 5.74) is 10.0. The van der Waals surface area contributed by atoms with Crippen molar-refractivity contribution in [2.45, 2.75) is 0 Å².